The van der Waals surface area contributed by atoms with Gasteiger partial charge in [-0.05, 0) is 43.8 Å². The second-order valence-corrected chi connectivity index (χ2v) is 5.73. The Bertz CT molecular complexity index is 438. The Morgan fingerprint density at radius 1 is 1.04 bits per heavy atom. The molecule has 130 valence electrons. The van der Waals surface area contributed by atoms with Gasteiger partial charge >= 0.3 is 0 Å². The molecule has 0 atom stereocenters. The average molecular weight is 319 g/mol. The predicted octanol–water partition coefficient (Wildman–Crippen LogP) is 3.69. The number of hydrogen-bond acceptors (Lipinski definition) is 3. The number of hydrogen-bond donors (Lipinski definition) is 1. The SMILES string of the molecule is CCCCCCOc1ccc(C(N)=NCCN(CC)CC)cc1. The zero-order chi connectivity index (χ0) is 16.9. The summed E-state index contributed by atoms with van der Waals surface area (Å²) in [5.74, 6) is 1.51. The van der Waals surface area contributed by atoms with Crippen LogP contribution < -0.4 is 10.5 Å². The summed E-state index contributed by atoms with van der Waals surface area (Å²) in [6.45, 7) is 11.1. The molecule has 0 unspecified atom stereocenters. The highest BCUT2D eigenvalue weighted by atomic mass is 16.5. The molecule has 0 spiro atoms. The van der Waals surface area contributed by atoms with Gasteiger partial charge in [0.25, 0.3) is 0 Å². The van der Waals surface area contributed by atoms with E-state index >= 15 is 0 Å². The molecule has 1 rings (SSSR count). The standard InChI is InChI=1S/C19H33N3O/c1-4-7-8-9-16-23-18-12-10-17(11-13-18)19(20)21-14-15-22(5-2)6-3/h10-13H,4-9,14-16H2,1-3H3,(H2,20,21). The summed E-state index contributed by atoms with van der Waals surface area (Å²) in [4.78, 5) is 6.81. The summed E-state index contributed by atoms with van der Waals surface area (Å²) in [6, 6.07) is 7.92. The van der Waals surface area contributed by atoms with Crippen LogP contribution in [0.15, 0.2) is 29.3 Å². The predicted molar refractivity (Wildman–Crippen MR) is 99.5 cm³/mol. The molecule has 23 heavy (non-hydrogen) atoms. The van der Waals surface area contributed by atoms with Crippen molar-refractivity contribution in [1.82, 2.24) is 4.90 Å². The van der Waals surface area contributed by atoms with Crippen LogP contribution in [0.1, 0.15) is 52.0 Å². The van der Waals surface area contributed by atoms with E-state index in [1.807, 2.05) is 24.3 Å². The number of ether oxygens (including phenoxy) is 1. The maximum absolute atomic E-state index is 6.06. The summed E-state index contributed by atoms with van der Waals surface area (Å²) in [6.07, 6.45) is 4.88. The molecule has 0 saturated carbocycles. The number of benzene rings is 1. The summed E-state index contributed by atoms with van der Waals surface area (Å²) >= 11 is 0. The van der Waals surface area contributed by atoms with Crippen molar-refractivity contribution in [2.75, 3.05) is 32.8 Å². The van der Waals surface area contributed by atoms with Crippen LogP contribution >= 0.6 is 0 Å². The Balaban J connectivity index is 2.39. The minimum atomic E-state index is 0.603. The van der Waals surface area contributed by atoms with Crippen molar-refractivity contribution >= 4 is 5.84 Å². The first kappa shape index (κ1) is 19.5. The maximum Gasteiger partial charge on any atom is 0.125 e. The Labute approximate surface area is 141 Å². The molecule has 1 aromatic carbocycles. The van der Waals surface area contributed by atoms with Crippen LogP contribution in [0.2, 0.25) is 0 Å². The molecule has 0 fully saturated rings. The number of aliphatic imine (C=N–C) groups is 1. The maximum atomic E-state index is 6.06. The lowest BCUT2D eigenvalue weighted by Gasteiger charge is -2.16. The molecule has 0 aliphatic rings. The Kier molecular flexibility index (Phi) is 10.1. The van der Waals surface area contributed by atoms with Crippen molar-refractivity contribution in [3.05, 3.63) is 29.8 Å². The number of nitrogens with two attached hydrogens (primary N) is 1. The number of rotatable bonds is 12. The fourth-order valence-electron chi connectivity index (χ4n) is 2.38. The van der Waals surface area contributed by atoms with Crippen LogP contribution in [0.5, 0.6) is 5.75 Å². The molecule has 1 aromatic rings. The Morgan fingerprint density at radius 2 is 1.74 bits per heavy atom. The third-order valence-corrected chi connectivity index (χ3v) is 4.01. The van der Waals surface area contributed by atoms with Gasteiger partial charge in [-0.2, -0.15) is 0 Å². The largest absolute Gasteiger partial charge is 0.494 e. The van der Waals surface area contributed by atoms with E-state index in [1.54, 1.807) is 0 Å². The van der Waals surface area contributed by atoms with E-state index in [0.717, 1.165) is 50.5 Å². The fourth-order valence-corrected chi connectivity index (χ4v) is 2.38. The van der Waals surface area contributed by atoms with Gasteiger partial charge in [-0.3, -0.25) is 4.99 Å². The molecule has 2 N–H and O–H groups in total. The van der Waals surface area contributed by atoms with E-state index in [4.69, 9.17) is 10.5 Å². The molecule has 0 saturated heterocycles. The molecule has 0 aliphatic carbocycles. The topological polar surface area (TPSA) is 50.9 Å². The molecule has 0 heterocycles. The van der Waals surface area contributed by atoms with Crippen molar-refractivity contribution in [2.24, 2.45) is 10.7 Å². The molecule has 0 bridgehead atoms. The number of unbranched alkanes of at least 4 members (excludes halogenated alkanes) is 3. The van der Waals surface area contributed by atoms with Crippen LogP contribution in [0.25, 0.3) is 0 Å². The molecule has 0 amide bonds. The lowest BCUT2D eigenvalue weighted by atomic mass is 10.2. The van der Waals surface area contributed by atoms with E-state index in [0.29, 0.717) is 5.84 Å². The van der Waals surface area contributed by atoms with Gasteiger partial charge in [0.15, 0.2) is 0 Å². The molecular formula is C19H33N3O. The zero-order valence-corrected chi connectivity index (χ0v) is 15.1. The van der Waals surface area contributed by atoms with Crippen LogP contribution in [-0.2, 0) is 0 Å². The van der Waals surface area contributed by atoms with Gasteiger partial charge in [-0.25, -0.2) is 0 Å². The van der Waals surface area contributed by atoms with E-state index in [9.17, 15) is 0 Å². The van der Waals surface area contributed by atoms with Crippen LogP contribution in [-0.4, -0.2) is 43.5 Å². The molecule has 4 heteroatoms. The molecular weight excluding hydrogens is 286 g/mol. The zero-order valence-electron chi connectivity index (χ0n) is 15.1. The fraction of sp³-hybridized carbons (Fsp3) is 0.632. The normalized spacial score (nSPS) is 11.9. The van der Waals surface area contributed by atoms with E-state index < -0.39 is 0 Å². The Morgan fingerprint density at radius 3 is 2.35 bits per heavy atom. The smallest absolute Gasteiger partial charge is 0.125 e. The first-order chi connectivity index (χ1) is 11.2. The minimum absolute atomic E-state index is 0.603. The van der Waals surface area contributed by atoms with Crippen LogP contribution in [0.4, 0.5) is 0 Å². The average Bonchev–Trinajstić information content (AvgIpc) is 2.59. The van der Waals surface area contributed by atoms with E-state index in [-0.39, 0.29) is 0 Å². The van der Waals surface area contributed by atoms with Crippen LogP contribution in [0, 0.1) is 0 Å². The van der Waals surface area contributed by atoms with Gasteiger partial charge in [-0.15, -0.1) is 0 Å². The number of nitrogens with zero attached hydrogens (tertiary/aromatic N) is 2. The lowest BCUT2D eigenvalue weighted by Crippen LogP contribution is -2.26. The van der Waals surface area contributed by atoms with Crippen molar-refractivity contribution in [3.8, 4) is 5.75 Å². The van der Waals surface area contributed by atoms with Gasteiger partial charge < -0.3 is 15.4 Å². The van der Waals surface area contributed by atoms with Crippen molar-refractivity contribution < 1.29 is 4.74 Å². The summed E-state index contributed by atoms with van der Waals surface area (Å²) < 4.78 is 5.74. The second kappa shape index (κ2) is 11.9. The third kappa shape index (κ3) is 8.03. The quantitative estimate of drug-likeness (QED) is 0.363. The lowest BCUT2D eigenvalue weighted by molar-refractivity contribution is 0.305. The highest BCUT2D eigenvalue weighted by Crippen LogP contribution is 2.13. The monoisotopic (exact) mass is 319 g/mol. The van der Waals surface area contributed by atoms with E-state index in [2.05, 4.69) is 30.7 Å². The van der Waals surface area contributed by atoms with Gasteiger partial charge in [0.05, 0.1) is 13.2 Å². The summed E-state index contributed by atoms with van der Waals surface area (Å²) in [7, 11) is 0. The summed E-state index contributed by atoms with van der Waals surface area (Å²) in [5, 5.41) is 0. The van der Waals surface area contributed by atoms with Crippen molar-refractivity contribution in [1.29, 1.82) is 0 Å². The third-order valence-electron chi connectivity index (χ3n) is 4.01. The number of amidine groups is 1. The Hall–Kier alpha value is -1.55. The van der Waals surface area contributed by atoms with Gasteiger partial charge in [0.1, 0.15) is 11.6 Å². The van der Waals surface area contributed by atoms with Crippen molar-refractivity contribution in [3.63, 3.8) is 0 Å². The van der Waals surface area contributed by atoms with Gasteiger partial charge in [0.2, 0.25) is 0 Å². The molecule has 0 aliphatic heterocycles. The first-order valence-corrected chi connectivity index (χ1v) is 8.96. The molecule has 0 aromatic heterocycles. The highest BCUT2D eigenvalue weighted by molar-refractivity contribution is 5.97. The molecule has 0 radical (unpaired) electrons. The van der Waals surface area contributed by atoms with Gasteiger partial charge in [-0.1, -0.05) is 40.0 Å². The van der Waals surface area contributed by atoms with Crippen molar-refractivity contribution in [2.45, 2.75) is 46.5 Å². The first-order valence-electron chi connectivity index (χ1n) is 8.96. The van der Waals surface area contributed by atoms with E-state index in [1.165, 1.54) is 19.3 Å². The minimum Gasteiger partial charge on any atom is -0.494 e. The second-order valence-electron chi connectivity index (χ2n) is 5.73. The highest BCUT2D eigenvalue weighted by Gasteiger charge is 2.01. The van der Waals surface area contributed by atoms with Crippen LogP contribution in [0.3, 0.4) is 0 Å². The molecule has 4 nitrogen and oxygen atoms in total. The number of likely N-dealkylation sites (N-methyl/N-ethyl adjacent to an activating group) is 1. The summed E-state index contributed by atoms with van der Waals surface area (Å²) in [5.41, 5.74) is 7.02. The van der Waals surface area contributed by atoms with Gasteiger partial charge in [0, 0.05) is 12.1 Å².